The number of nitrogens with one attached hydrogen (secondary N) is 1. The lowest BCUT2D eigenvalue weighted by Gasteiger charge is -2.17. The number of carboxylic acid groups (broad SMARTS) is 1. The van der Waals surface area contributed by atoms with Crippen molar-refractivity contribution in [3.8, 4) is 16.9 Å². The van der Waals surface area contributed by atoms with Crippen molar-refractivity contribution in [1.29, 1.82) is 0 Å². The van der Waals surface area contributed by atoms with Gasteiger partial charge in [-0.2, -0.15) is 0 Å². The fourth-order valence-corrected chi connectivity index (χ4v) is 3.70. The summed E-state index contributed by atoms with van der Waals surface area (Å²) in [6.07, 6.45) is 3.84. The SMILES string of the molecule is CNc1ncc(-c2ccc3c(=O)c(OC(=O)O)cn(C4CC4)c3c2C)cc1C.Cl.O. The summed E-state index contributed by atoms with van der Waals surface area (Å²) < 4.78 is 6.72. The third-order valence-corrected chi connectivity index (χ3v) is 5.18. The first-order chi connectivity index (χ1) is 13.4. The molecule has 1 aliphatic rings. The zero-order valence-electron chi connectivity index (χ0n) is 16.9. The van der Waals surface area contributed by atoms with Gasteiger partial charge >= 0.3 is 6.16 Å². The number of aromatic nitrogens is 2. The van der Waals surface area contributed by atoms with Gasteiger partial charge in [0.05, 0.1) is 11.7 Å². The molecular weight excluding hydrogens is 410 g/mol. The minimum atomic E-state index is -1.49. The maximum absolute atomic E-state index is 12.8. The van der Waals surface area contributed by atoms with Gasteiger partial charge in [-0.25, -0.2) is 9.78 Å². The summed E-state index contributed by atoms with van der Waals surface area (Å²) in [6.45, 7) is 3.98. The van der Waals surface area contributed by atoms with Crippen LogP contribution in [0, 0.1) is 13.8 Å². The van der Waals surface area contributed by atoms with Crippen LogP contribution in [0.25, 0.3) is 22.0 Å². The fourth-order valence-electron chi connectivity index (χ4n) is 3.70. The van der Waals surface area contributed by atoms with Crippen LogP contribution < -0.4 is 15.5 Å². The summed E-state index contributed by atoms with van der Waals surface area (Å²) in [7, 11) is 1.83. The largest absolute Gasteiger partial charge is 0.511 e. The Bertz CT molecular complexity index is 1170. The number of carbonyl (C=O) groups is 1. The molecule has 9 heteroatoms. The summed E-state index contributed by atoms with van der Waals surface area (Å²) >= 11 is 0. The predicted octanol–water partition coefficient (Wildman–Crippen LogP) is 3.71. The topological polar surface area (TPSA) is 125 Å². The molecule has 0 atom stereocenters. The monoisotopic (exact) mass is 433 g/mol. The molecule has 4 N–H and O–H groups in total. The molecule has 2 aromatic heterocycles. The van der Waals surface area contributed by atoms with Crippen LogP contribution in [-0.4, -0.2) is 33.3 Å². The first-order valence-electron chi connectivity index (χ1n) is 9.14. The summed E-state index contributed by atoms with van der Waals surface area (Å²) in [5.41, 5.74) is 4.36. The van der Waals surface area contributed by atoms with E-state index in [1.165, 1.54) is 6.20 Å². The molecule has 2 heterocycles. The van der Waals surface area contributed by atoms with E-state index in [9.17, 15) is 9.59 Å². The van der Waals surface area contributed by atoms with Gasteiger partial charge in [-0.05, 0) is 55.5 Å². The van der Waals surface area contributed by atoms with Crippen molar-refractivity contribution in [1.82, 2.24) is 9.55 Å². The van der Waals surface area contributed by atoms with E-state index in [2.05, 4.69) is 16.4 Å². The number of nitrogens with zero attached hydrogens (tertiary/aromatic N) is 2. The van der Waals surface area contributed by atoms with E-state index in [-0.39, 0.29) is 29.7 Å². The van der Waals surface area contributed by atoms with Crippen LogP contribution in [0.4, 0.5) is 10.6 Å². The molecule has 1 saturated carbocycles. The van der Waals surface area contributed by atoms with Crippen molar-refractivity contribution in [3.63, 3.8) is 0 Å². The number of halogens is 1. The molecular formula is C21H24ClN3O5. The smallest absolute Gasteiger partial charge is 0.449 e. The molecule has 1 fully saturated rings. The number of ether oxygens (including phenoxy) is 1. The molecule has 0 bridgehead atoms. The number of benzene rings is 1. The highest BCUT2D eigenvalue weighted by molar-refractivity contribution is 5.90. The molecule has 160 valence electrons. The van der Waals surface area contributed by atoms with Crippen LogP contribution in [0.15, 0.2) is 35.4 Å². The predicted molar refractivity (Wildman–Crippen MR) is 118 cm³/mol. The third-order valence-electron chi connectivity index (χ3n) is 5.18. The van der Waals surface area contributed by atoms with Crippen LogP contribution in [-0.2, 0) is 0 Å². The lowest BCUT2D eigenvalue weighted by molar-refractivity contribution is 0.143. The molecule has 4 rings (SSSR count). The van der Waals surface area contributed by atoms with Crippen molar-refractivity contribution in [3.05, 3.63) is 51.9 Å². The van der Waals surface area contributed by atoms with E-state index in [0.717, 1.165) is 46.4 Å². The maximum atomic E-state index is 12.8. The molecule has 1 aromatic carbocycles. The number of hydrogen-bond donors (Lipinski definition) is 2. The first-order valence-corrected chi connectivity index (χ1v) is 9.14. The van der Waals surface area contributed by atoms with Gasteiger partial charge in [-0.3, -0.25) is 4.79 Å². The number of anilines is 1. The lowest BCUT2D eigenvalue weighted by Crippen LogP contribution is -2.16. The van der Waals surface area contributed by atoms with Gasteiger partial charge in [0.15, 0.2) is 5.75 Å². The standard InChI is InChI=1S/C21H21N3O4.ClH.H2O/c1-11-8-13(9-23-20(11)22-3)15-6-7-16-18(12(15)2)24(14-4-5-14)10-17(19(16)25)28-21(26)27;;/h6-10,14H,4-5H2,1-3H3,(H,22,23)(H,26,27);1H;1H2. The van der Waals surface area contributed by atoms with Gasteiger partial charge in [-0.15, -0.1) is 12.4 Å². The first kappa shape index (κ1) is 23.2. The van der Waals surface area contributed by atoms with Crippen molar-refractivity contribution in [2.45, 2.75) is 32.7 Å². The second-order valence-electron chi connectivity index (χ2n) is 7.10. The molecule has 0 unspecified atom stereocenters. The molecule has 1 aliphatic carbocycles. The third kappa shape index (κ3) is 3.96. The highest BCUT2D eigenvalue weighted by atomic mass is 35.5. The van der Waals surface area contributed by atoms with Gasteiger partial charge in [-0.1, -0.05) is 6.07 Å². The molecule has 0 radical (unpaired) electrons. The Balaban J connectivity index is 0.00000160. The lowest BCUT2D eigenvalue weighted by atomic mass is 9.97. The molecule has 0 spiro atoms. The highest BCUT2D eigenvalue weighted by Crippen LogP contribution is 2.40. The van der Waals surface area contributed by atoms with E-state index < -0.39 is 11.6 Å². The number of aryl methyl sites for hydroxylation is 2. The average Bonchev–Trinajstić information content (AvgIpc) is 3.49. The normalized spacial score (nSPS) is 12.6. The van der Waals surface area contributed by atoms with Gasteiger partial charge in [0.1, 0.15) is 5.82 Å². The van der Waals surface area contributed by atoms with E-state index in [0.29, 0.717) is 5.39 Å². The molecule has 8 nitrogen and oxygen atoms in total. The minimum absolute atomic E-state index is 0. The molecule has 0 amide bonds. The molecule has 0 saturated heterocycles. The summed E-state index contributed by atoms with van der Waals surface area (Å²) in [5, 5.41) is 12.5. The Labute approximate surface area is 179 Å². The van der Waals surface area contributed by atoms with Crippen LogP contribution in [0.1, 0.15) is 30.0 Å². The molecule has 3 aromatic rings. The quantitative estimate of drug-likeness (QED) is 0.604. The Morgan fingerprint density at radius 1 is 1.30 bits per heavy atom. The molecule has 30 heavy (non-hydrogen) atoms. The molecule has 0 aliphatic heterocycles. The van der Waals surface area contributed by atoms with E-state index in [1.807, 2.05) is 37.7 Å². The van der Waals surface area contributed by atoms with E-state index in [4.69, 9.17) is 9.84 Å². The van der Waals surface area contributed by atoms with Gasteiger partial charge in [0.25, 0.3) is 0 Å². The van der Waals surface area contributed by atoms with Gasteiger partial charge < -0.3 is 25.2 Å². The summed E-state index contributed by atoms with van der Waals surface area (Å²) in [6, 6.07) is 5.94. The van der Waals surface area contributed by atoms with E-state index in [1.54, 1.807) is 6.07 Å². The van der Waals surface area contributed by atoms with Crippen molar-refractivity contribution >= 4 is 35.3 Å². The number of pyridine rings is 2. The van der Waals surface area contributed by atoms with E-state index >= 15 is 0 Å². The van der Waals surface area contributed by atoms with Crippen molar-refractivity contribution in [2.24, 2.45) is 0 Å². The zero-order chi connectivity index (χ0) is 20.0. The zero-order valence-corrected chi connectivity index (χ0v) is 17.7. The minimum Gasteiger partial charge on any atom is -0.449 e. The Kier molecular flexibility index (Phi) is 6.74. The van der Waals surface area contributed by atoms with Crippen LogP contribution in [0.5, 0.6) is 5.75 Å². The number of fused-ring (bicyclic) bond motifs is 1. The number of hydrogen-bond acceptors (Lipinski definition) is 5. The van der Waals surface area contributed by atoms with Crippen LogP contribution in [0.3, 0.4) is 0 Å². The maximum Gasteiger partial charge on any atom is 0.511 e. The summed E-state index contributed by atoms with van der Waals surface area (Å²) in [5.74, 6) is 0.669. The van der Waals surface area contributed by atoms with Crippen LogP contribution in [0.2, 0.25) is 0 Å². The average molecular weight is 434 g/mol. The highest BCUT2D eigenvalue weighted by Gasteiger charge is 2.27. The van der Waals surface area contributed by atoms with Crippen molar-refractivity contribution in [2.75, 3.05) is 12.4 Å². The second kappa shape index (κ2) is 8.73. The Hall–Kier alpha value is -3.10. The Morgan fingerprint density at radius 3 is 2.57 bits per heavy atom. The Morgan fingerprint density at radius 2 is 2.00 bits per heavy atom. The number of rotatable bonds is 4. The fraction of sp³-hybridized carbons (Fsp3) is 0.286. The van der Waals surface area contributed by atoms with Crippen LogP contribution >= 0.6 is 12.4 Å². The van der Waals surface area contributed by atoms with Gasteiger partial charge in [0.2, 0.25) is 5.43 Å². The summed E-state index contributed by atoms with van der Waals surface area (Å²) in [4.78, 5) is 28.2. The second-order valence-corrected chi connectivity index (χ2v) is 7.10. The van der Waals surface area contributed by atoms with Gasteiger partial charge in [0, 0.05) is 30.2 Å². The van der Waals surface area contributed by atoms with Crippen molar-refractivity contribution < 1.29 is 20.1 Å².